The molecule has 0 unspecified atom stereocenters. The van der Waals surface area contributed by atoms with Crippen molar-refractivity contribution in [1.29, 1.82) is 0 Å². The van der Waals surface area contributed by atoms with Crippen molar-refractivity contribution < 1.29 is 44.6 Å². The molecule has 9 nitrogen and oxygen atoms in total. The zero-order chi connectivity index (χ0) is 20.0. The second kappa shape index (κ2) is 10.3. The molecule has 0 aromatic heterocycles. The minimum Gasteiger partial charge on any atom is -0.481 e. The molecule has 1 heterocycles. The summed E-state index contributed by atoms with van der Waals surface area (Å²) in [7, 11) is 0. The fourth-order valence-corrected chi connectivity index (χ4v) is 3.59. The van der Waals surface area contributed by atoms with Crippen molar-refractivity contribution in [1.82, 2.24) is 0 Å². The quantitative estimate of drug-likeness (QED) is 0.252. The summed E-state index contributed by atoms with van der Waals surface area (Å²) >= 11 is 0. The van der Waals surface area contributed by atoms with E-state index in [-0.39, 0.29) is 30.6 Å². The Labute approximate surface area is 157 Å². The highest BCUT2D eigenvalue weighted by molar-refractivity contribution is 5.84. The molecule has 1 aliphatic heterocycles. The Bertz CT molecular complexity index is 533. The Morgan fingerprint density at radius 1 is 1.19 bits per heavy atom. The number of ketones is 1. The summed E-state index contributed by atoms with van der Waals surface area (Å²) in [4.78, 5) is 22.7. The van der Waals surface area contributed by atoms with E-state index in [9.17, 15) is 24.9 Å². The minimum atomic E-state index is -1.48. The molecule has 0 aromatic rings. The number of carbonyl (C=O) groups is 2. The van der Waals surface area contributed by atoms with Gasteiger partial charge in [-0.3, -0.25) is 9.59 Å². The van der Waals surface area contributed by atoms with Gasteiger partial charge >= 0.3 is 5.97 Å². The Morgan fingerprint density at radius 3 is 2.59 bits per heavy atom. The van der Waals surface area contributed by atoms with Crippen LogP contribution in [0.3, 0.4) is 0 Å². The third-order valence-electron chi connectivity index (χ3n) is 5.15. The smallest absolute Gasteiger partial charge is 0.303 e. The molecule has 2 aliphatic rings. The zero-order valence-electron chi connectivity index (χ0n) is 15.0. The highest BCUT2D eigenvalue weighted by atomic mass is 16.7. The van der Waals surface area contributed by atoms with Crippen LogP contribution in [0.15, 0.2) is 12.2 Å². The molecule has 0 radical (unpaired) electrons. The van der Waals surface area contributed by atoms with Crippen LogP contribution in [0.5, 0.6) is 0 Å². The molecule has 5 N–H and O–H groups in total. The van der Waals surface area contributed by atoms with Crippen LogP contribution in [0.4, 0.5) is 0 Å². The lowest BCUT2D eigenvalue weighted by Crippen LogP contribution is -2.59. The van der Waals surface area contributed by atoms with Gasteiger partial charge in [0, 0.05) is 18.8 Å². The number of hydrogen-bond donors (Lipinski definition) is 5. The van der Waals surface area contributed by atoms with E-state index in [2.05, 4.69) is 0 Å². The highest BCUT2D eigenvalue weighted by Crippen LogP contribution is 2.34. The third-order valence-corrected chi connectivity index (χ3v) is 5.15. The Hall–Kier alpha value is -1.36. The van der Waals surface area contributed by atoms with E-state index in [0.29, 0.717) is 25.7 Å². The number of aliphatic carboxylic acids is 1. The molecule has 1 saturated heterocycles. The van der Waals surface area contributed by atoms with E-state index in [1.54, 1.807) is 6.08 Å². The van der Waals surface area contributed by atoms with Crippen molar-refractivity contribution in [3.8, 4) is 0 Å². The second-order valence-corrected chi connectivity index (χ2v) is 7.03. The van der Waals surface area contributed by atoms with Gasteiger partial charge in [0.15, 0.2) is 6.29 Å². The fraction of sp³-hybridized carbons (Fsp3) is 0.778. The van der Waals surface area contributed by atoms with Gasteiger partial charge in [0.25, 0.3) is 0 Å². The molecule has 2 rings (SSSR count). The summed E-state index contributed by atoms with van der Waals surface area (Å²) in [5.74, 6) is -1.17. The molecule has 1 aliphatic carbocycles. The van der Waals surface area contributed by atoms with Crippen LogP contribution in [0.2, 0.25) is 0 Å². The van der Waals surface area contributed by atoms with Crippen LogP contribution in [-0.2, 0) is 19.1 Å². The van der Waals surface area contributed by atoms with Crippen molar-refractivity contribution >= 4 is 11.8 Å². The van der Waals surface area contributed by atoms with Crippen molar-refractivity contribution in [2.75, 3.05) is 13.2 Å². The van der Waals surface area contributed by atoms with Crippen molar-refractivity contribution in [3.05, 3.63) is 12.2 Å². The number of hydrogen-bond acceptors (Lipinski definition) is 8. The van der Waals surface area contributed by atoms with Gasteiger partial charge in [-0.05, 0) is 25.2 Å². The molecular formula is C18H28O9. The van der Waals surface area contributed by atoms with Gasteiger partial charge in [-0.15, -0.1) is 0 Å². The van der Waals surface area contributed by atoms with E-state index in [1.807, 2.05) is 6.08 Å². The van der Waals surface area contributed by atoms with Gasteiger partial charge in [0.05, 0.1) is 13.2 Å². The number of aliphatic hydroxyl groups excluding tert-OH is 4. The minimum absolute atomic E-state index is 0.00443. The normalized spacial score (nSPS) is 37.2. The molecule has 7 atom stereocenters. The Morgan fingerprint density at radius 2 is 1.93 bits per heavy atom. The Kier molecular flexibility index (Phi) is 8.33. The SMILES string of the molecule is O=C(O)C[C@H]1CCC(=O)[C@@H]1C/C=C\CCO[C@H]1O[C@@H](CO)[C@@H](O)[C@@H](O)[C@H]1O. The maximum absolute atomic E-state index is 11.9. The van der Waals surface area contributed by atoms with Crippen LogP contribution in [0.1, 0.15) is 32.1 Å². The number of aliphatic hydroxyl groups is 4. The molecule has 2 fully saturated rings. The van der Waals surface area contributed by atoms with Crippen molar-refractivity contribution in [2.45, 2.75) is 62.8 Å². The largest absolute Gasteiger partial charge is 0.481 e. The van der Waals surface area contributed by atoms with Gasteiger partial charge < -0.3 is 35.0 Å². The van der Waals surface area contributed by atoms with Crippen molar-refractivity contribution in [2.24, 2.45) is 11.8 Å². The summed E-state index contributed by atoms with van der Waals surface area (Å²) in [5.41, 5.74) is 0. The summed E-state index contributed by atoms with van der Waals surface area (Å²) in [5, 5.41) is 47.3. The van der Waals surface area contributed by atoms with Gasteiger partial charge in [-0.1, -0.05) is 12.2 Å². The summed E-state index contributed by atoms with van der Waals surface area (Å²) < 4.78 is 10.6. The predicted molar refractivity (Wildman–Crippen MR) is 91.6 cm³/mol. The molecule has 0 amide bonds. The molecule has 27 heavy (non-hydrogen) atoms. The lowest BCUT2D eigenvalue weighted by molar-refractivity contribution is -0.300. The second-order valence-electron chi connectivity index (χ2n) is 7.03. The highest BCUT2D eigenvalue weighted by Gasteiger charge is 2.43. The molecule has 0 bridgehead atoms. The standard InChI is InChI=1S/C18H28O9/c19-9-13-15(23)16(24)17(25)18(27-13)26-7-3-1-2-4-11-10(8-14(21)22)5-6-12(11)20/h1-2,10-11,13,15-19,23-25H,3-9H2,(H,21,22)/b2-1-/t10-,11-,13+,15-,16-,17-,18+/m1/s1. The van der Waals surface area contributed by atoms with E-state index in [0.717, 1.165) is 0 Å². The molecule has 0 spiro atoms. The number of carboxylic acids is 1. The first-order valence-corrected chi connectivity index (χ1v) is 9.16. The number of Topliss-reactive ketones (excluding diaryl/α,β-unsaturated/α-hetero) is 1. The van der Waals surface area contributed by atoms with Gasteiger partial charge in [-0.25, -0.2) is 0 Å². The monoisotopic (exact) mass is 388 g/mol. The molecule has 154 valence electrons. The maximum Gasteiger partial charge on any atom is 0.303 e. The predicted octanol–water partition coefficient (Wildman–Crippen LogP) is -0.791. The van der Waals surface area contributed by atoms with Crippen molar-refractivity contribution in [3.63, 3.8) is 0 Å². The number of carbonyl (C=O) groups excluding carboxylic acids is 1. The first-order valence-electron chi connectivity index (χ1n) is 9.16. The molecule has 9 heteroatoms. The summed E-state index contributed by atoms with van der Waals surface area (Å²) in [6, 6.07) is 0. The third kappa shape index (κ3) is 5.81. The average molecular weight is 388 g/mol. The van der Waals surface area contributed by atoms with Crippen LogP contribution in [0.25, 0.3) is 0 Å². The van der Waals surface area contributed by atoms with E-state index < -0.39 is 43.3 Å². The van der Waals surface area contributed by atoms with E-state index in [1.165, 1.54) is 0 Å². The summed E-state index contributed by atoms with van der Waals surface area (Å²) in [6.07, 6.45) is -0.898. The lowest BCUT2D eigenvalue weighted by atomic mass is 9.89. The van der Waals surface area contributed by atoms with E-state index >= 15 is 0 Å². The van der Waals surface area contributed by atoms with Gasteiger partial charge in [0.2, 0.25) is 0 Å². The average Bonchev–Trinajstić information content (AvgIpc) is 2.96. The molecule has 1 saturated carbocycles. The first-order chi connectivity index (χ1) is 12.8. The number of carboxylic acid groups (broad SMARTS) is 1. The topological polar surface area (TPSA) is 154 Å². The molecular weight excluding hydrogens is 360 g/mol. The molecule has 0 aromatic carbocycles. The lowest BCUT2D eigenvalue weighted by Gasteiger charge is -2.39. The Balaban J connectivity index is 1.73. The van der Waals surface area contributed by atoms with Crippen LogP contribution >= 0.6 is 0 Å². The fourth-order valence-electron chi connectivity index (χ4n) is 3.59. The van der Waals surface area contributed by atoms with Crippen LogP contribution in [0, 0.1) is 11.8 Å². The maximum atomic E-state index is 11.9. The van der Waals surface area contributed by atoms with Crippen LogP contribution in [-0.4, -0.2) is 81.2 Å². The summed E-state index contributed by atoms with van der Waals surface area (Å²) in [6.45, 7) is -0.353. The van der Waals surface area contributed by atoms with Gasteiger partial charge in [0.1, 0.15) is 30.2 Å². The number of rotatable bonds is 9. The number of ether oxygens (including phenoxy) is 2. The number of allylic oxidation sites excluding steroid dienone is 1. The van der Waals surface area contributed by atoms with Crippen LogP contribution < -0.4 is 0 Å². The van der Waals surface area contributed by atoms with E-state index in [4.69, 9.17) is 19.7 Å². The zero-order valence-corrected chi connectivity index (χ0v) is 15.0. The van der Waals surface area contributed by atoms with Gasteiger partial charge in [-0.2, -0.15) is 0 Å². The first kappa shape index (κ1) is 21.9.